The number of benzene rings is 2. The smallest absolute Gasteiger partial charge is 0.255 e. The second-order valence-electron chi connectivity index (χ2n) is 6.58. The summed E-state index contributed by atoms with van der Waals surface area (Å²) in [5.74, 6) is 0.416. The summed E-state index contributed by atoms with van der Waals surface area (Å²) in [6.07, 6.45) is 0. The Morgan fingerprint density at radius 2 is 1.89 bits per heavy atom. The predicted molar refractivity (Wildman–Crippen MR) is 106 cm³/mol. The molecule has 0 aromatic heterocycles. The fraction of sp³-hybridized carbons (Fsp3) is 0.381. The number of hydrogen-bond acceptors (Lipinski definition) is 4. The lowest BCUT2D eigenvalue weighted by atomic mass is 10.1. The molecule has 1 N–H and O–H groups in total. The number of hydrogen-bond donors (Lipinski definition) is 1. The Kier molecular flexibility index (Phi) is 7.10. The van der Waals surface area contributed by atoms with Gasteiger partial charge in [0, 0.05) is 36.3 Å². The van der Waals surface area contributed by atoms with Crippen LogP contribution in [0.4, 0.5) is 0 Å². The molecule has 6 heteroatoms. The van der Waals surface area contributed by atoms with Crippen LogP contribution in [0.1, 0.15) is 22.8 Å². The zero-order valence-electron chi connectivity index (χ0n) is 15.5. The summed E-state index contributed by atoms with van der Waals surface area (Å²) in [7, 11) is 0. The molecule has 27 heavy (non-hydrogen) atoms. The third-order valence-electron chi connectivity index (χ3n) is 4.70. The molecule has 1 amide bonds. The minimum Gasteiger partial charge on any atom is -0.488 e. The normalized spacial score (nSPS) is 15.9. The van der Waals surface area contributed by atoms with Crippen LogP contribution in [0.2, 0.25) is 5.02 Å². The number of halogens is 1. The van der Waals surface area contributed by atoms with Gasteiger partial charge in [-0.25, -0.2) is 0 Å². The lowest BCUT2D eigenvalue weighted by molar-refractivity contribution is 0.0204. The first-order valence-corrected chi connectivity index (χ1v) is 9.58. The molecular weight excluding hydrogens is 364 g/mol. The van der Waals surface area contributed by atoms with Crippen molar-refractivity contribution in [3.8, 4) is 5.75 Å². The van der Waals surface area contributed by atoms with Crippen molar-refractivity contribution in [2.45, 2.75) is 19.6 Å². The van der Waals surface area contributed by atoms with Gasteiger partial charge in [0.2, 0.25) is 0 Å². The van der Waals surface area contributed by atoms with E-state index in [-0.39, 0.29) is 11.9 Å². The van der Waals surface area contributed by atoms with Crippen LogP contribution in [-0.2, 0) is 11.3 Å². The summed E-state index contributed by atoms with van der Waals surface area (Å²) < 4.78 is 11.3. The Morgan fingerprint density at radius 3 is 2.67 bits per heavy atom. The van der Waals surface area contributed by atoms with Crippen LogP contribution in [0.5, 0.6) is 5.75 Å². The molecule has 0 spiro atoms. The van der Waals surface area contributed by atoms with E-state index in [1.165, 1.54) is 0 Å². The molecule has 1 saturated heterocycles. The molecule has 1 heterocycles. The van der Waals surface area contributed by atoms with E-state index < -0.39 is 0 Å². The Labute approximate surface area is 165 Å². The van der Waals surface area contributed by atoms with Gasteiger partial charge in [-0.1, -0.05) is 41.9 Å². The fourth-order valence-corrected chi connectivity index (χ4v) is 3.22. The van der Waals surface area contributed by atoms with Crippen molar-refractivity contribution >= 4 is 17.5 Å². The van der Waals surface area contributed by atoms with Crippen molar-refractivity contribution in [1.29, 1.82) is 0 Å². The van der Waals surface area contributed by atoms with Gasteiger partial charge in [0.15, 0.2) is 0 Å². The van der Waals surface area contributed by atoms with Crippen LogP contribution in [0.25, 0.3) is 0 Å². The largest absolute Gasteiger partial charge is 0.488 e. The number of amides is 1. The molecule has 5 nitrogen and oxygen atoms in total. The summed E-state index contributed by atoms with van der Waals surface area (Å²) >= 11 is 6.18. The number of morpholine rings is 1. The van der Waals surface area contributed by atoms with E-state index in [0.29, 0.717) is 29.5 Å². The van der Waals surface area contributed by atoms with E-state index in [1.807, 2.05) is 36.4 Å². The second-order valence-corrected chi connectivity index (χ2v) is 6.99. The van der Waals surface area contributed by atoms with E-state index in [0.717, 1.165) is 31.9 Å². The number of nitrogens with zero attached hydrogens (tertiary/aromatic N) is 1. The molecule has 3 rings (SSSR count). The van der Waals surface area contributed by atoms with Crippen molar-refractivity contribution in [3.63, 3.8) is 0 Å². The topological polar surface area (TPSA) is 50.8 Å². The monoisotopic (exact) mass is 388 g/mol. The third-order valence-corrected chi connectivity index (χ3v) is 5.07. The van der Waals surface area contributed by atoms with Gasteiger partial charge in [-0.15, -0.1) is 0 Å². The van der Waals surface area contributed by atoms with Gasteiger partial charge in [-0.2, -0.15) is 0 Å². The van der Waals surface area contributed by atoms with Crippen LogP contribution in [0, 0.1) is 0 Å². The highest BCUT2D eigenvalue weighted by Gasteiger charge is 2.19. The lowest BCUT2D eigenvalue weighted by Crippen LogP contribution is -2.47. The maximum absolute atomic E-state index is 12.7. The minimum absolute atomic E-state index is 0.134. The maximum Gasteiger partial charge on any atom is 0.255 e. The van der Waals surface area contributed by atoms with Gasteiger partial charge in [0.1, 0.15) is 12.4 Å². The first-order valence-electron chi connectivity index (χ1n) is 9.20. The molecule has 2 aromatic carbocycles. The summed E-state index contributed by atoms with van der Waals surface area (Å²) in [6, 6.07) is 15.1. The number of carbonyl (C=O) groups excluding carboxylic acids is 1. The van der Waals surface area contributed by atoms with E-state index in [4.69, 9.17) is 21.1 Å². The van der Waals surface area contributed by atoms with E-state index in [2.05, 4.69) is 17.1 Å². The number of para-hydroxylation sites is 1. The van der Waals surface area contributed by atoms with E-state index >= 15 is 0 Å². The molecule has 144 valence electrons. The van der Waals surface area contributed by atoms with Crippen LogP contribution < -0.4 is 10.1 Å². The number of rotatable bonds is 7. The number of ether oxygens (including phenoxy) is 2. The van der Waals surface area contributed by atoms with Crippen molar-refractivity contribution in [2.75, 3.05) is 32.8 Å². The molecule has 1 atom stereocenters. The Bertz CT molecular complexity index is 763. The third kappa shape index (κ3) is 5.45. The lowest BCUT2D eigenvalue weighted by Gasteiger charge is -2.32. The van der Waals surface area contributed by atoms with Gasteiger partial charge >= 0.3 is 0 Å². The number of nitrogens with one attached hydrogen (secondary N) is 1. The minimum atomic E-state index is -0.134. The van der Waals surface area contributed by atoms with Crippen LogP contribution in [0.3, 0.4) is 0 Å². The Morgan fingerprint density at radius 1 is 1.19 bits per heavy atom. The Balaban J connectivity index is 1.59. The molecule has 1 aliphatic heterocycles. The quantitative estimate of drug-likeness (QED) is 0.790. The SMILES string of the molecule is CC(CNC(=O)c1ccccc1OCc1ccccc1Cl)N1CCOCC1. The molecule has 1 unspecified atom stereocenters. The van der Waals surface area contributed by atoms with Gasteiger partial charge in [-0.05, 0) is 25.1 Å². The zero-order chi connectivity index (χ0) is 19.1. The highest BCUT2D eigenvalue weighted by molar-refractivity contribution is 6.31. The van der Waals surface area contributed by atoms with Crippen LogP contribution in [0.15, 0.2) is 48.5 Å². The van der Waals surface area contributed by atoms with Gasteiger partial charge in [-0.3, -0.25) is 9.69 Å². The van der Waals surface area contributed by atoms with Crippen molar-refractivity contribution in [2.24, 2.45) is 0 Å². The molecular formula is C21H25ClN2O3. The molecule has 0 bridgehead atoms. The molecule has 0 saturated carbocycles. The predicted octanol–water partition coefficient (Wildman–Crippen LogP) is 3.37. The zero-order valence-corrected chi connectivity index (χ0v) is 16.2. The average Bonchev–Trinajstić information content (AvgIpc) is 2.72. The molecule has 0 radical (unpaired) electrons. The summed E-state index contributed by atoms with van der Waals surface area (Å²) in [5, 5.41) is 3.67. The second kappa shape index (κ2) is 9.74. The fourth-order valence-electron chi connectivity index (χ4n) is 3.03. The molecule has 1 fully saturated rings. The maximum atomic E-state index is 12.7. The highest BCUT2D eigenvalue weighted by atomic mass is 35.5. The first kappa shape index (κ1) is 19.7. The van der Waals surface area contributed by atoms with E-state index in [9.17, 15) is 4.79 Å². The summed E-state index contributed by atoms with van der Waals surface area (Å²) in [4.78, 5) is 15.0. The van der Waals surface area contributed by atoms with Gasteiger partial charge in [0.25, 0.3) is 5.91 Å². The van der Waals surface area contributed by atoms with Crippen LogP contribution in [-0.4, -0.2) is 49.7 Å². The van der Waals surface area contributed by atoms with Crippen LogP contribution >= 0.6 is 11.6 Å². The average molecular weight is 389 g/mol. The molecule has 1 aliphatic rings. The molecule has 0 aliphatic carbocycles. The first-order chi connectivity index (χ1) is 13.1. The Hall–Kier alpha value is -2.08. The molecule has 2 aromatic rings. The van der Waals surface area contributed by atoms with Crippen molar-refractivity contribution in [1.82, 2.24) is 10.2 Å². The number of carbonyl (C=O) groups is 1. The standard InChI is InChI=1S/C21H25ClN2O3/c1-16(24-10-12-26-13-11-24)14-23-21(25)18-7-3-5-9-20(18)27-15-17-6-2-4-8-19(17)22/h2-9,16H,10-15H2,1H3,(H,23,25). The summed E-state index contributed by atoms with van der Waals surface area (Å²) in [6.45, 7) is 6.30. The highest BCUT2D eigenvalue weighted by Crippen LogP contribution is 2.22. The van der Waals surface area contributed by atoms with Crippen molar-refractivity contribution < 1.29 is 14.3 Å². The van der Waals surface area contributed by atoms with E-state index in [1.54, 1.807) is 12.1 Å². The van der Waals surface area contributed by atoms with Crippen molar-refractivity contribution in [3.05, 3.63) is 64.7 Å². The van der Waals surface area contributed by atoms with Gasteiger partial charge in [0.05, 0.1) is 18.8 Å². The van der Waals surface area contributed by atoms with Gasteiger partial charge < -0.3 is 14.8 Å². The summed E-state index contributed by atoms with van der Waals surface area (Å²) in [5.41, 5.74) is 1.41.